The molecule has 4 aromatic rings. The molecule has 1 fully saturated rings. The Morgan fingerprint density at radius 1 is 1.06 bits per heavy atom. The highest BCUT2D eigenvalue weighted by Crippen LogP contribution is 2.38. The molecule has 0 saturated carbocycles. The number of nitrogen functional groups attached to an aromatic ring is 1. The molecule has 33 heavy (non-hydrogen) atoms. The van der Waals surface area contributed by atoms with Gasteiger partial charge in [-0.15, -0.1) is 0 Å². The first-order valence-corrected chi connectivity index (χ1v) is 10.9. The molecule has 0 bridgehead atoms. The summed E-state index contributed by atoms with van der Waals surface area (Å²) in [6.45, 7) is 0.436. The summed E-state index contributed by atoms with van der Waals surface area (Å²) in [6.07, 6.45) is 4.80. The molecule has 5 rings (SSSR count). The zero-order valence-corrected chi connectivity index (χ0v) is 17.9. The van der Waals surface area contributed by atoms with Gasteiger partial charge in [-0.1, -0.05) is 54.6 Å². The van der Waals surface area contributed by atoms with Crippen LogP contribution in [0.3, 0.4) is 0 Å². The van der Waals surface area contributed by atoms with E-state index in [9.17, 15) is 13.9 Å². The van der Waals surface area contributed by atoms with Crippen LogP contribution in [0.1, 0.15) is 35.7 Å². The van der Waals surface area contributed by atoms with Crippen molar-refractivity contribution in [3.63, 3.8) is 0 Å². The molecule has 1 aliphatic rings. The van der Waals surface area contributed by atoms with Gasteiger partial charge in [0.05, 0.1) is 19.3 Å². The lowest BCUT2D eigenvalue weighted by Gasteiger charge is -2.27. The Morgan fingerprint density at radius 3 is 2.45 bits per heavy atom. The third-order valence-electron chi connectivity index (χ3n) is 6.21. The van der Waals surface area contributed by atoms with Crippen molar-refractivity contribution in [3.05, 3.63) is 83.9 Å². The molecule has 8 heteroatoms. The first-order valence-electron chi connectivity index (χ1n) is 10.9. The summed E-state index contributed by atoms with van der Waals surface area (Å²) in [6, 6.07) is 13.9. The van der Waals surface area contributed by atoms with E-state index in [4.69, 9.17) is 15.5 Å². The Hall–Kier alpha value is -3.36. The second-order valence-corrected chi connectivity index (χ2v) is 8.28. The van der Waals surface area contributed by atoms with Gasteiger partial charge in [-0.05, 0) is 12.8 Å². The van der Waals surface area contributed by atoms with E-state index >= 15 is 0 Å². The number of nitrogens with two attached hydrogens (primary N) is 1. The Balaban J connectivity index is 1.53. The molecular formula is C25H24F2N4O2. The molecule has 0 aliphatic carbocycles. The van der Waals surface area contributed by atoms with E-state index < -0.39 is 5.92 Å². The Bertz CT molecular complexity index is 1250. The Morgan fingerprint density at radius 2 is 1.79 bits per heavy atom. The van der Waals surface area contributed by atoms with Crippen LogP contribution in [0.15, 0.2) is 67.0 Å². The van der Waals surface area contributed by atoms with Crippen molar-refractivity contribution in [2.75, 3.05) is 18.9 Å². The lowest BCUT2D eigenvalue weighted by Crippen LogP contribution is -2.28. The number of fused-ring (bicyclic) bond motifs is 1. The monoisotopic (exact) mass is 450 g/mol. The smallest absolute Gasteiger partial charge is 0.298 e. The fourth-order valence-electron chi connectivity index (χ4n) is 4.38. The molecule has 3 heterocycles. The van der Waals surface area contributed by atoms with Crippen LogP contribution < -0.4 is 5.73 Å². The molecule has 2 aromatic carbocycles. The molecule has 1 aliphatic heterocycles. The van der Waals surface area contributed by atoms with E-state index in [-0.39, 0.29) is 29.8 Å². The summed E-state index contributed by atoms with van der Waals surface area (Å²) in [4.78, 5) is 9.06. The molecule has 0 spiro atoms. The van der Waals surface area contributed by atoms with Crippen LogP contribution in [0, 0.1) is 0 Å². The summed E-state index contributed by atoms with van der Waals surface area (Å²) < 4.78 is 37.6. The van der Waals surface area contributed by atoms with Gasteiger partial charge in [0.2, 0.25) is 0 Å². The number of alkyl halides is 2. The molecule has 0 unspecified atom stereocenters. The molecular weight excluding hydrogens is 426 g/mol. The average Bonchev–Trinajstić information content (AvgIpc) is 3.26. The first-order chi connectivity index (χ1) is 16.0. The molecule has 2 atom stereocenters. The quantitative estimate of drug-likeness (QED) is 0.472. The topological polar surface area (TPSA) is 85.7 Å². The number of nitrogens with zero attached hydrogens (tertiary/aromatic N) is 3. The maximum absolute atomic E-state index is 15.0. The minimum atomic E-state index is -3.11. The van der Waals surface area contributed by atoms with E-state index in [2.05, 4.69) is 4.98 Å². The summed E-state index contributed by atoms with van der Waals surface area (Å²) in [5.41, 5.74) is 7.96. The maximum Gasteiger partial charge on any atom is 0.298 e. The van der Waals surface area contributed by atoms with Gasteiger partial charge in [0.15, 0.2) is 0 Å². The maximum atomic E-state index is 15.0. The number of hydrogen-bond donors (Lipinski definition) is 2. The van der Waals surface area contributed by atoms with Crippen LogP contribution in [0.5, 0.6) is 0 Å². The largest absolute Gasteiger partial charge is 0.394 e. The highest BCUT2D eigenvalue weighted by atomic mass is 19.3. The average molecular weight is 450 g/mol. The number of benzene rings is 2. The number of ether oxygens (including phenoxy) is 1. The van der Waals surface area contributed by atoms with Gasteiger partial charge in [-0.2, -0.15) is 8.78 Å². The van der Waals surface area contributed by atoms with Crippen molar-refractivity contribution in [1.29, 1.82) is 0 Å². The third kappa shape index (κ3) is 3.85. The highest BCUT2D eigenvalue weighted by Gasteiger charge is 2.34. The van der Waals surface area contributed by atoms with Crippen molar-refractivity contribution in [2.24, 2.45) is 0 Å². The molecule has 0 radical (unpaired) electrons. The van der Waals surface area contributed by atoms with Crippen molar-refractivity contribution < 1.29 is 18.6 Å². The van der Waals surface area contributed by atoms with Gasteiger partial charge >= 0.3 is 0 Å². The van der Waals surface area contributed by atoms with Gasteiger partial charge in [-0.3, -0.25) is 4.40 Å². The summed E-state index contributed by atoms with van der Waals surface area (Å²) in [5, 5.41) is 9.34. The fourth-order valence-corrected chi connectivity index (χ4v) is 4.38. The predicted molar refractivity (Wildman–Crippen MR) is 121 cm³/mol. The normalized spacial score (nSPS) is 19.1. The summed E-state index contributed by atoms with van der Waals surface area (Å²) in [5.74, 6) is -1.98. The van der Waals surface area contributed by atoms with Gasteiger partial charge in [0.25, 0.3) is 5.92 Å². The van der Waals surface area contributed by atoms with Crippen LogP contribution >= 0.6 is 0 Å². The van der Waals surface area contributed by atoms with Crippen LogP contribution in [0.25, 0.3) is 16.8 Å². The first kappa shape index (κ1) is 21.5. The highest BCUT2D eigenvalue weighted by molar-refractivity contribution is 5.85. The second-order valence-electron chi connectivity index (χ2n) is 8.28. The van der Waals surface area contributed by atoms with E-state index in [1.165, 1.54) is 24.3 Å². The standard InChI is InChI=1S/C25H24F2N4O2/c26-25(27,18-4-2-1-3-5-18)19-9-6-16(7-10-19)21-22-23(28)29-12-13-31(22)24(30-21)17-8-11-20(14-32)33-15-17/h1-7,9-10,12-13,17,20,32H,8,11,14-15H2,(H2,28,29)/t17-,20-/m1/s1. The van der Waals surface area contributed by atoms with Gasteiger partial charge < -0.3 is 15.6 Å². The number of aliphatic hydroxyl groups excluding tert-OH is 1. The number of aliphatic hydroxyl groups is 1. The molecule has 3 N–H and O–H groups in total. The zero-order chi connectivity index (χ0) is 23.0. The van der Waals surface area contributed by atoms with E-state index in [1.807, 2.05) is 4.40 Å². The van der Waals surface area contributed by atoms with Crippen molar-refractivity contribution in [2.45, 2.75) is 30.8 Å². The molecule has 0 amide bonds. The Labute approximate surface area is 189 Å². The number of anilines is 1. The minimum Gasteiger partial charge on any atom is -0.394 e. The van der Waals surface area contributed by atoms with Gasteiger partial charge in [-0.25, -0.2) is 9.97 Å². The number of hydrogen-bond acceptors (Lipinski definition) is 5. The van der Waals surface area contributed by atoms with Crippen LogP contribution in [-0.2, 0) is 10.7 Å². The van der Waals surface area contributed by atoms with E-state index in [1.54, 1.807) is 42.7 Å². The zero-order valence-electron chi connectivity index (χ0n) is 17.9. The van der Waals surface area contributed by atoms with E-state index in [0.717, 1.165) is 18.7 Å². The fraction of sp³-hybridized carbons (Fsp3) is 0.280. The lowest BCUT2D eigenvalue weighted by molar-refractivity contribution is -0.0282. The molecule has 6 nitrogen and oxygen atoms in total. The number of imidazole rings is 1. The van der Waals surface area contributed by atoms with Crippen molar-refractivity contribution in [1.82, 2.24) is 14.4 Å². The summed E-state index contributed by atoms with van der Waals surface area (Å²) >= 11 is 0. The predicted octanol–water partition coefficient (Wildman–Crippen LogP) is 4.37. The molecule has 1 saturated heterocycles. The van der Waals surface area contributed by atoms with Crippen LogP contribution in [0.2, 0.25) is 0 Å². The van der Waals surface area contributed by atoms with Crippen molar-refractivity contribution in [3.8, 4) is 11.3 Å². The Kier molecular flexibility index (Phi) is 5.55. The van der Waals surface area contributed by atoms with Crippen molar-refractivity contribution >= 4 is 11.3 Å². The number of rotatable bonds is 5. The minimum absolute atomic E-state index is 0.00284. The van der Waals surface area contributed by atoms with Crippen LogP contribution in [-0.4, -0.2) is 38.8 Å². The number of aromatic nitrogens is 3. The summed E-state index contributed by atoms with van der Waals surface area (Å²) in [7, 11) is 0. The van der Waals surface area contributed by atoms with Gasteiger partial charge in [0.1, 0.15) is 22.9 Å². The van der Waals surface area contributed by atoms with Crippen LogP contribution in [0.4, 0.5) is 14.6 Å². The second kappa shape index (κ2) is 8.53. The SMILES string of the molecule is Nc1nccn2c([C@@H]3CC[C@H](CO)OC3)nc(-c3ccc(C(F)(F)c4ccccc4)cc3)c12. The third-order valence-corrected chi connectivity index (χ3v) is 6.21. The number of halogens is 2. The van der Waals surface area contributed by atoms with Gasteiger partial charge in [0, 0.05) is 35.0 Å². The molecule has 2 aromatic heterocycles. The van der Waals surface area contributed by atoms with E-state index in [0.29, 0.717) is 29.2 Å². The molecule has 170 valence electrons. The lowest BCUT2D eigenvalue weighted by atomic mass is 9.98.